The van der Waals surface area contributed by atoms with Crippen molar-refractivity contribution in [1.29, 1.82) is 0 Å². The van der Waals surface area contributed by atoms with Crippen LogP contribution in [0.15, 0.2) is 48.5 Å². The second kappa shape index (κ2) is 7.92. The number of amides is 1. The fourth-order valence-corrected chi connectivity index (χ4v) is 3.37. The molecule has 1 amide bonds. The molecule has 0 atom stereocenters. The second-order valence-corrected chi connectivity index (χ2v) is 6.48. The van der Waals surface area contributed by atoms with E-state index >= 15 is 0 Å². The highest BCUT2D eigenvalue weighted by Crippen LogP contribution is 2.44. The quantitative estimate of drug-likeness (QED) is 0.796. The number of aliphatic carboxylic acids is 1. The molecule has 0 bridgehead atoms. The Bertz CT molecular complexity index is 836. The van der Waals surface area contributed by atoms with Gasteiger partial charge in [-0.1, -0.05) is 48.5 Å². The van der Waals surface area contributed by atoms with Crippen LogP contribution in [0.2, 0.25) is 0 Å². The summed E-state index contributed by atoms with van der Waals surface area (Å²) in [5.41, 5.74) is 3.86. The van der Waals surface area contributed by atoms with Gasteiger partial charge in [0.05, 0.1) is 6.42 Å². The number of carboxylic acids is 1. The Balaban J connectivity index is 1.74. The molecular weight excluding hydrogens is 375 g/mol. The first-order valence-electron chi connectivity index (χ1n) is 8.65. The van der Waals surface area contributed by atoms with E-state index in [0.717, 1.165) is 22.3 Å². The Hall–Kier alpha value is -3.03. The first-order valence-corrected chi connectivity index (χ1v) is 8.65. The largest absolute Gasteiger partial charge is 0.481 e. The second-order valence-electron chi connectivity index (χ2n) is 6.48. The first-order chi connectivity index (χ1) is 13.3. The number of alkyl halides is 3. The number of carbonyl (C=O) groups is 2. The maximum Gasteiger partial charge on any atom is 0.410 e. The summed E-state index contributed by atoms with van der Waals surface area (Å²) in [5, 5.41) is 8.70. The summed E-state index contributed by atoms with van der Waals surface area (Å²) in [6.45, 7) is -2.27. The molecule has 0 saturated carbocycles. The maximum atomic E-state index is 12.7. The summed E-state index contributed by atoms with van der Waals surface area (Å²) < 4.78 is 43.4. The molecule has 0 spiro atoms. The Kier molecular flexibility index (Phi) is 5.58. The van der Waals surface area contributed by atoms with E-state index in [0.29, 0.717) is 4.90 Å². The number of fused-ring (bicyclic) bond motifs is 3. The Morgan fingerprint density at radius 1 is 1.00 bits per heavy atom. The molecule has 148 valence electrons. The summed E-state index contributed by atoms with van der Waals surface area (Å²) in [4.78, 5) is 23.3. The van der Waals surface area contributed by atoms with Crippen molar-refractivity contribution in [1.82, 2.24) is 4.90 Å². The minimum atomic E-state index is -4.65. The van der Waals surface area contributed by atoms with Gasteiger partial charge in [-0.05, 0) is 22.3 Å². The van der Waals surface area contributed by atoms with Gasteiger partial charge in [0.1, 0.15) is 13.2 Å². The number of nitrogens with zero attached hydrogens (tertiary/aromatic N) is 1. The van der Waals surface area contributed by atoms with Crippen LogP contribution in [0.25, 0.3) is 11.1 Å². The predicted molar refractivity (Wildman–Crippen MR) is 94.9 cm³/mol. The standard InChI is InChI=1S/C20H18F3NO4/c21-20(22,23)12-24(10-9-18(25)26)19(27)28-11-17-15-7-3-1-5-13(15)14-6-2-4-8-16(14)17/h1-8,17H,9-12H2,(H,25,26). The van der Waals surface area contributed by atoms with Gasteiger partial charge in [-0.25, -0.2) is 4.79 Å². The van der Waals surface area contributed by atoms with Crippen molar-refractivity contribution >= 4 is 12.1 Å². The van der Waals surface area contributed by atoms with Gasteiger partial charge in [0, 0.05) is 12.5 Å². The lowest BCUT2D eigenvalue weighted by Crippen LogP contribution is -2.41. The molecule has 1 N–H and O–H groups in total. The number of benzene rings is 2. The lowest BCUT2D eigenvalue weighted by atomic mass is 9.98. The van der Waals surface area contributed by atoms with E-state index in [4.69, 9.17) is 9.84 Å². The van der Waals surface area contributed by atoms with E-state index in [1.165, 1.54) is 0 Å². The first kappa shape index (κ1) is 19.7. The molecule has 1 aliphatic carbocycles. The highest BCUT2D eigenvalue weighted by Gasteiger charge is 2.35. The van der Waals surface area contributed by atoms with Crippen molar-refractivity contribution in [2.45, 2.75) is 18.5 Å². The van der Waals surface area contributed by atoms with Gasteiger partial charge in [-0.2, -0.15) is 13.2 Å². The van der Waals surface area contributed by atoms with Crippen LogP contribution in [0.4, 0.5) is 18.0 Å². The number of ether oxygens (including phenoxy) is 1. The zero-order chi connectivity index (χ0) is 20.3. The van der Waals surface area contributed by atoms with Crippen molar-refractivity contribution in [3.8, 4) is 11.1 Å². The monoisotopic (exact) mass is 393 g/mol. The molecule has 0 heterocycles. The predicted octanol–water partition coefficient (Wildman–Crippen LogP) is 4.27. The smallest absolute Gasteiger partial charge is 0.410 e. The van der Waals surface area contributed by atoms with Crippen molar-refractivity contribution in [2.75, 3.05) is 19.7 Å². The van der Waals surface area contributed by atoms with Crippen molar-refractivity contribution in [3.63, 3.8) is 0 Å². The summed E-state index contributed by atoms with van der Waals surface area (Å²) in [5.74, 6) is -1.58. The Morgan fingerprint density at radius 3 is 2.04 bits per heavy atom. The SMILES string of the molecule is O=C(O)CCN(CC(F)(F)F)C(=O)OCC1c2ccccc2-c2ccccc21. The van der Waals surface area contributed by atoms with Crippen LogP contribution >= 0.6 is 0 Å². The van der Waals surface area contributed by atoms with E-state index in [9.17, 15) is 22.8 Å². The van der Waals surface area contributed by atoms with Crippen LogP contribution in [-0.4, -0.2) is 47.9 Å². The van der Waals surface area contributed by atoms with E-state index < -0.39 is 37.7 Å². The molecular formula is C20H18F3NO4. The average molecular weight is 393 g/mol. The average Bonchev–Trinajstić information content (AvgIpc) is 2.96. The third-order valence-corrected chi connectivity index (χ3v) is 4.56. The zero-order valence-corrected chi connectivity index (χ0v) is 14.8. The lowest BCUT2D eigenvalue weighted by molar-refractivity contribution is -0.146. The van der Waals surface area contributed by atoms with Crippen LogP contribution in [-0.2, 0) is 9.53 Å². The molecule has 2 aromatic carbocycles. The third kappa shape index (κ3) is 4.44. The minimum absolute atomic E-state index is 0.131. The van der Waals surface area contributed by atoms with E-state index in [1.807, 2.05) is 48.5 Å². The molecule has 3 rings (SSSR count). The summed E-state index contributed by atoms with van der Waals surface area (Å²) in [6.07, 6.45) is -6.43. The molecule has 5 nitrogen and oxygen atoms in total. The molecule has 0 aromatic heterocycles. The van der Waals surface area contributed by atoms with Crippen LogP contribution in [0, 0.1) is 0 Å². The summed E-state index contributed by atoms with van der Waals surface area (Å²) in [7, 11) is 0. The van der Waals surface area contributed by atoms with Gasteiger partial charge in [0.15, 0.2) is 0 Å². The van der Waals surface area contributed by atoms with Crippen molar-refractivity contribution < 1.29 is 32.6 Å². The van der Waals surface area contributed by atoms with E-state index in [-0.39, 0.29) is 12.5 Å². The molecule has 2 aromatic rings. The van der Waals surface area contributed by atoms with Gasteiger partial charge in [0.25, 0.3) is 0 Å². The number of rotatable bonds is 6. The molecule has 0 radical (unpaired) electrons. The van der Waals surface area contributed by atoms with Crippen molar-refractivity contribution in [3.05, 3.63) is 59.7 Å². The number of hydrogen-bond donors (Lipinski definition) is 1. The summed E-state index contributed by atoms with van der Waals surface area (Å²) >= 11 is 0. The normalized spacial score (nSPS) is 13.0. The fourth-order valence-electron chi connectivity index (χ4n) is 3.37. The van der Waals surface area contributed by atoms with E-state index in [2.05, 4.69) is 0 Å². The van der Waals surface area contributed by atoms with Gasteiger partial charge < -0.3 is 9.84 Å². The Morgan fingerprint density at radius 2 is 1.54 bits per heavy atom. The molecule has 8 heteroatoms. The number of carboxylic acid groups (broad SMARTS) is 1. The molecule has 0 fully saturated rings. The number of halogens is 3. The topological polar surface area (TPSA) is 66.8 Å². The summed E-state index contributed by atoms with van der Waals surface area (Å²) in [6, 6.07) is 15.2. The van der Waals surface area contributed by atoms with Crippen molar-refractivity contribution in [2.24, 2.45) is 0 Å². The van der Waals surface area contributed by atoms with E-state index in [1.54, 1.807) is 0 Å². The lowest BCUT2D eigenvalue weighted by Gasteiger charge is -2.24. The molecule has 0 saturated heterocycles. The van der Waals surface area contributed by atoms with Crippen LogP contribution in [0.1, 0.15) is 23.5 Å². The highest BCUT2D eigenvalue weighted by molar-refractivity contribution is 5.79. The minimum Gasteiger partial charge on any atom is -0.481 e. The van der Waals surface area contributed by atoms with Crippen LogP contribution in [0.3, 0.4) is 0 Å². The molecule has 1 aliphatic rings. The van der Waals surface area contributed by atoms with Gasteiger partial charge in [-0.3, -0.25) is 9.69 Å². The third-order valence-electron chi connectivity index (χ3n) is 4.56. The number of hydrogen-bond acceptors (Lipinski definition) is 3. The Labute approximate surface area is 159 Å². The number of carbonyl (C=O) groups excluding carboxylic acids is 1. The maximum absolute atomic E-state index is 12.7. The van der Waals surface area contributed by atoms with Crippen LogP contribution < -0.4 is 0 Å². The van der Waals surface area contributed by atoms with Gasteiger partial charge in [-0.15, -0.1) is 0 Å². The fraction of sp³-hybridized carbons (Fsp3) is 0.300. The zero-order valence-electron chi connectivity index (χ0n) is 14.8. The molecule has 0 aliphatic heterocycles. The van der Waals surface area contributed by atoms with Gasteiger partial charge in [0.2, 0.25) is 0 Å². The van der Waals surface area contributed by atoms with Crippen LogP contribution in [0.5, 0.6) is 0 Å². The molecule has 28 heavy (non-hydrogen) atoms. The molecule has 0 unspecified atom stereocenters. The highest BCUT2D eigenvalue weighted by atomic mass is 19.4. The van der Waals surface area contributed by atoms with Gasteiger partial charge >= 0.3 is 18.2 Å².